The number of hydrogen-bond acceptors (Lipinski definition) is 4. The fourth-order valence-electron chi connectivity index (χ4n) is 1.29. The van der Waals surface area contributed by atoms with Gasteiger partial charge in [-0.15, -0.1) is 0 Å². The van der Waals surface area contributed by atoms with Crippen LogP contribution in [-0.2, 0) is 9.59 Å². The second-order valence-corrected chi connectivity index (χ2v) is 4.24. The van der Waals surface area contributed by atoms with E-state index in [9.17, 15) is 14.7 Å². The zero-order valence-corrected chi connectivity index (χ0v) is 8.70. The number of aliphatic hydroxyl groups is 1. The zero-order chi connectivity index (χ0) is 10.9. The number of carbonyl (C=O) groups is 2. The van der Waals surface area contributed by atoms with Crippen LogP contribution in [0.1, 0.15) is 20.3 Å². The van der Waals surface area contributed by atoms with E-state index in [1.165, 1.54) is 7.05 Å². The molecule has 1 aliphatic rings. The molecule has 1 unspecified atom stereocenters. The monoisotopic (exact) mass is 200 g/mol. The molecule has 0 aromatic carbocycles. The molecule has 1 rings (SSSR count). The van der Waals surface area contributed by atoms with Crippen molar-refractivity contribution in [3.8, 4) is 0 Å². The first-order valence-electron chi connectivity index (χ1n) is 4.57. The van der Waals surface area contributed by atoms with Crippen LogP contribution in [0.4, 0.5) is 0 Å². The summed E-state index contributed by atoms with van der Waals surface area (Å²) < 4.78 is 0. The van der Waals surface area contributed by atoms with Crippen LogP contribution in [0.3, 0.4) is 0 Å². The summed E-state index contributed by atoms with van der Waals surface area (Å²) in [7, 11) is 1.47. The number of nitrogens with one attached hydrogen (secondary N) is 1. The van der Waals surface area contributed by atoms with E-state index in [1.54, 1.807) is 13.8 Å². The molecule has 5 nitrogen and oxygen atoms in total. The first-order valence-corrected chi connectivity index (χ1v) is 4.57. The smallest absolute Gasteiger partial charge is 0.246 e. The summed E-state index contributed by atoms with van der Waals surface area (Å²) in [6.07, 6.45) is 0.186. The molecule has 0 aliphatic carbocycles. The highest BCUT2D eigenvalue weighted by Gasteiger charge is 2.36. The normalized spacial score (nSPS) is 23.4. The molecular weight excluding hydrogens is 184 g/mol. The molecule has 2 N–H and O–H groups in total. The number of imide groups is 1. The van der Waals surface area contributed by atoms with Gasteiger partial charge in [0.2, 0.25) is 11.8 Å². The minimum absolute atomic E-state index is 0.178. The lowest BCUT2D eigenvalue weighted by Gasteiger charge is -2.20. The molecule has 80 valence electrons. The summed E-state index contributed by atoms with van der Waals surface area (Å²) in [6.45, 7) is 3.58. The zero-order valence-electron chi connectivity index (χ0n) is 8.70. The van der Waals surface area contributed by atoms with Gasteiger partial charge in [-0.1, -0.05) is 0 Å². The van der Waals surface area contributed by atoms with Crippen LogP contribution in [0.25, 0.3) is 0 Å². The van der Waals surface area contributed by atoms with Crippen molar-refractivity contribution in [1.29, 1.82) is 0 Å². The minimum Gasteiger partial charge on any atom is -0.389 e. The van der Waals surface area contributed by atoms with Gasteiger partial charge in [-0.3, -0.25) is 14.5 Å². The maximum Gasteiger partial charge on any atom is 0.246 e. The first-order chi connectivity index (χ1) is 6.31. The first kappa shape index (κ1) is 11.1. The van der Waals surface area contributed by atoms with E-state index in [0.29, 0.717) is 6.54 Å². The Morgan fingerprint density at radius 1 is 1.57 bits per heavy atom. The topological polar surface area (TPSA) is 69.6 Å². The average molecular weight is 200 g/mol. The van der Waals surface area contributed by atoms with Crippen LogP contribution in [0.15, 0.2) is 0 Å². The molecule has 1 atom stereocenters. The van der Waals surface area contributed by atoms with Crippen LogP contribution in [-0.4, -0.2) is 47.1 Å². The van der Waals surface area contributed by atoms with Crippen molar-refractivity contribution in [2.24, 2.45) is 0 Å². The lowest BCUT2D eigenvalue weighted by molar-refractivity contribution is -0.137. The van der Waals surface area contributed by atoms with Crippen LogP contribution < -0.4 is 5.32 Å². The second-order valence-electron chi connectivity index (χ2n) is 4.24. The Hall–Kier alpha value is -0.940. The quantitative estimate of drug-likeness (QED) is 0.579. The average Bonchev–Trinajstić information content (AvgIpc) is 2.28. The summed E-state index contributed by atoms with van der Waals surface area (Å²) >= 11 is 0. The van der Waals surface area contributed by atoms with E-state index in [4.69, 9.17) is 0 Å². The molecule has 0 bridgehead atoms. The van der Waals surface area contributed by atoms with Crippen LogP contribution >= 0.6 is 0 Å². The van der Waals surface area contributed by atoms with Crippen molar-refractivity contribution in [1.82, 2.24) is 10.2 Å². The second kappa shape index (κ2) is 3.67. The van der Waals surface area contributed by atoms with Crippen molar-refractivity contribution >= 4 is 11.8 Å². The Morgan fingerprint density at radius 2 is 2.14 bits per heavy atom. The maximum absolute atomic E-state index is 11.4. The molecule has 0 aromatic heterocycles. The largest absolute Gasteiger partial charge is 0.389 e. The number of amides is 2. The molecule has 5 heteroatoms. The number of likely N-dealkylation sites (N-methyl/N-ethyl adjacent to an activating group) is 1. The highest BCUT2D eigenvalue weighted by atomic mass is 16.3. The van der Waals surface area contributed by atoms with Crippen molar-refractivity contribution in [3.63, 3.8) is 0 Å². The predicted octanol–water partition coefficient (Wildman–Crippen LogP) is -0.896. The summed E-state index contributed by atoms with van der Waals surface area (Å²) in [5.41, 5.74) is -0.871. The Kier molecular flexibility index (Phi) is 2.92. The number of likely N-dealkylation sites (tertiary alicyclic amines) is 1. The highest BCUT2D eigenvalue weighted by Crippen LogP contribution is 2.11. The lowest BCUT2D eigenvalue weighted by atomic mass is 10.1. The van der Waals surface area contributed by atoms with Gasteiger partial charge in [-0.25, -0.2) is 0 Å². The third kappa shape index (κ3) is 2.52. The number of rotatable bonds is 3. The van der Waals surface area contributed by atoms with E-state index < -0.39 is 11.6 Å². The lowest BCUT2D eigenvalue weighted by Crippen LogP contribution is -2.44. The van der Waals surface area contributed by atoms with Gasteiger partial charge in [-0.2, -0.15) is 0 Å². The Bertz CT molecular complexity index is 257. The SMILES string of the molecule is CN1C(=O)CC(NCC(C)(C)O)C1=O. The highest BCUT2D eigenvalue weighted by molar-refractivity contribution is 6.05. The third-order valence-corrected chi connectivity index (χ3v) is 2.16. The van der Waals surface area contributed by atoms with E-state index >= 15 is 0 Å². The van der Waals surface area contributed by atoms with Gasteiger partial charge in [0.25, 0.3) is 0 Å². The predicted molar refractivity (Wildman–Crippen MR) is 50.5 cm³/mol. The summed E-state index contributed by atoms with van der Waals surface area (Å²) in [5, 5.41) is 12.3. The number of nitrogens with zero attached hydrogens (tertiary/aromatic N) is 1. The summed E-state index contributed by atoms with van der Waals surface area (Å²) in [5.74, 6) is -0.400. The Labute approximate surface area is 83.1 Å². The van der Waals surface area contributed by atoms with Crippen molar-refractivity contribution < 1.29 is 14.7 Å². The van der Waals surface area contributed by atoms with Crippen molar-refractivity contribution in [2.75, 3.05) is 13.6 Å². The van der Waals surface area contributed by atoms with Crippen LogP contribution in [0.5, 0.6) is 0 Å². The Balaban J connectivity index is 2.48. The molecule has 0 saturated carbocycles. The third-order valence-electron chi connectivity index (χ3n) is 2.16. The molecule has 14 heavy (non-hydrogen) atoms. The molecule has 0 radical (unpaired) electrons. The number of hydrogen-bond donors (Lipinski definition) is 2. The van der Waals surface area contributed by atoms with Gasteiger partial charge in [0.15, 0.2) is 0 Å². The van der Waals surface area contributed by atoms with Crippen LogP contribution in [0, 0.1) is 0 Å². The molecule has 1 saturated heterocycles. The standard InChI is InChI=1S/C9H16N2O3/c1-9(2,14)5-10-6-4-7(12)11(3)8(6)13/h6,10,14H,4-5H2,1-3H3. The molecule has 0 aromatic rings. The van der Waals surface area contributed by atoms with Gasteiger partial charge in [0.05, 0.1) is 18.1 Å². The summed E-state index contributed by atoms with van der Waals surface area (Å²) in [6, 6.07) is -0.473. The van der Waals surface area contributed by atoms with Gasteiger partial charge in [-0.05, 0) is 13.8 Å². The van der Waals surface area contributed by atoms with E-state index in [-0.39, 0.29) is 18.2 Å². The van der Waals surface area contributed by atoms with E-state index in [0.717, 1.165) is 4.90 Å². The Morgan fingerprint density at radius 3 is 2.50 bits per heavy atom. The fourth-order valence-corrected chi connectivity index (χ4v) is 1.29. The number of carbonyl (C=O) groups excluding carboxylic acids is 2. The van der Waals surface area contributed by atoms with Gasteiger partial charge in [0, 0.05) is 13.6 Å². The maximum atomic E-state index is 11.4. The minimum atomic E-state index is -0.871. The van der Waals surface area contributed by atoms with E-state index in [1.807, 2.05) is 0 Å². The molecule has 1 heterocycles. The van der Waals surface area contributed by atoms with Gasteiger partial charge < -0.3 is 10.4 Å². The van der Waals surface area contributed by atoms with Crippen molar-refractivity contribution in [2.45, 2.75) is 31.9 Å². The van der Waals surface area contributed by atoms with Gasteiger partial charge in [0.1, 0.15) is 0 Å². The van der Waals surface area contributed by atoms with Crippen molar-refractivity contribution in [3.05, 3.63) is 0 Å². The fraction of sp³-hybridized carbons (Fsp3) is 0.778. The molecule has 2 amide bonds. The van der Waals surface area contributed by atoms with Crippen LogP contribution in [0.2, 0.25) is 0 Å². The molecular formula is C9H16N2O3. The summed E-state index contributed by atoms with van der Waals surface area (Å²) in [4.78, 5) is 23.6. The van der Waals surface area contributed by atoms with E-state index in [2.05, 4.69) is 5.32 Å². The molecule has 1 fully saturated rings. The molecule has 1 aliphatic heterocycles. The molecule has 0 spiro atoms. The van der Waals surface area contributed by atoms with Gasteiger partial charge >= 0.3 is 0 Å².